The van der Waals surface area contributed by atoms with Gasteiger partial charge >= 0.3 is 0 Å². The van der Waals surface area contributed by atoms with Crippen LogP contribution in [0, 0.1) is 56.2 Å². The molecule has 0 aromatic carbocycles. The Labute approximate surface area is 129 Å². The molecule has 0 amide bonds. The van der Waals surface area contributed by atoms with Gasteiger partial charge in [0.1, 0.15) is 0 Å². The summed E-state index contributed by atoms with van der Waals surface area (Å²) in [5.74, 6) is -1.83. The fraction of sp³-hybridized carbons (Fsp3) is 0.750. The molecule has 3 heterocycles. The molecule has 1 N–H and O–H groups in total. The summed E-state index contributed by atoms with van der Waals surface area (Å²) in [7, 11) is 0. The van der Waals surface area contributed by atoms with Gasteiger partial charge in [-0.3, -0.25) is 5.41 Å². The number of fused-ring (bicyclic) bond motifs is 2. The van der Waals surface area contributed by atoms with Crippen LogP contribution >= 0.6 is 0 Å². The summed E-state index contributed by atoms with van der Waals surface area (Å²) in [5.41, 5.74) is -3.20. The topological polar surface area (TPSA) is 114 Å². The number of nitrogens with one attached hydrogen (secondary N) is 1. The first kappa shape index (κ1) is 14.8. The lowest BCUT2D eigenvalue weighted by atomic mass is 9.48. The summed E-state index contributed by atoms with van der Waals surface area (Å²) >= 11 is 0. The normalized spacial score (nSPS) is 41.5. The Morgan fingerprint density at radius 1 is 1.23 bits per heavy atom. The van der Waals surface area contributed by atoms with Crippen molar-refractivity contribution >= 4 is 5.90 Å². The third kappa shape index (κ3) is 1.38. The van der Waals surface area contributed by atoms with Crippen LogP contribution in [0.2, 0.25) is 0 Å². The molecule has 4 atom stereocenters. The molecule has 0 aromatic rings. The van der Waals surface area contributed by atoms with Gasteiger partial charge in [-0.2, -0.15) is 15.8 Å². The average Bonchev–Trinajstić information content (AvgIpc) is 2.53. The van der Waals surface area contributed by atoms with Crippen LogP contribution in [-0.2, 0) is 9.47 Å². The first-order valence-corrected chi connectivity index (χ1v) is 7.76. The Morgan fingerprint density at radius 2 is 1.95 bits per heavy atom. The van der Waals surface area contributed by atoms with Gasteiger partial charge in [0, 0.05) is 6.42 Å². The van der Waals surface area contributed by atoms with E-state index in [0.29, 0.717) is 19.3 Å². The van der Waals surface area contributed by atoms with Crippen molar-refractivity contribution in [1.29, 1.82) is 21.2 Å². The summed E-state index contributed by atoms with van der Waals surface area (Å²) in [6.07, 6.45) is 3.54. The highest BCUT2D eigenvalue weighted by Crippen LogP contribution is 2.66. The molecule has 6 nitrogen and oxygen atoms in total. The maximum atomic E-state index is 9.87. The van der Waals surface area contributed by atoms with Crippen molar-refractivity contribution in [2.24, 2.45) is 16.7 Å². The minimum Gasteiger partial charge on any atom is -0.447 e. The molecular formula is C16H18N4O2. The lowest BCUT2D eigenvalue weighted by Crippen LogP contribution is -2.75. The predicted molar refractivity (Wildman–Crippen MR) is 75.0 cm³/mol. The monoisotopic (exact) mass is 298 g/mol. The van der Waals surface area contributed by atoms with Gasteiger partial charge in [0.25, 0.3) is 0 Å². The Morgan fingerprint density at radius 3 is 2.55 bits per heavy atom. The highest BCUT2D eigenvalue weighted by atomic mass is 16.7. The molecule has 1 aliphatic carbocycles. The van der Waals surface area contributed by atoms with E-state index in [1.165, 1.54) is 0 Å². The smallest absolute Gasteiger partial charge is 0.217 e. The lowest BCUT2D eigenvalue weighted by Gasteiger charge is -2.63. The van der Waals surface area contributed by atoms with E-state index in [-0.39, 0.29) is 5.90 Å². The molecule has 3 aliphatic heterocycles. The van der Waals surface area contributed by atoms with Gasteiger partial charge in [0.15, 0.2) is 10.8 Å². The molecule has 0 aromatic heterocycles. The van der Waals surface area contributed by atoms with E-state index in [0.717, 1.165) is 19.3 Å². The molecule has 1 saturated carbocycles. The highest BCUT2D eigenvalue weighted by molar-refractivity contribution is 5.88. The maximum absolute atomic E-state index is 9.87. The zero-order valence-electron chi connectivity index (χ0n) is 12.6. The first-order valence-electron chi connectivity index (χ1n) is 7.76. The van der Waals surface area contributed by atoms with Crippen LogP contribution in [-0.4, -0.2) is 17.8 Å². The van der Waals surface area contributed by atoms with Gasteiger partial charge in [-0.25, -0.2) is 0 Å². The standard InChI is InChI=1S/C16H18N4O2/c1-2-5-12-15(10-19)13(20)22-16(21-12)7-4-3-6-11(16)14(15,8-17)9-18/h11-12,20H,2-7H2,1H3/t11-,12-,15-,16+/m1/s1. The summed E-state index contributed by atoms with van der Waals surface area (Å²) in [4.78, 5) is 0. The summed E-state index contributed by atoms with van der Waals surface area (Å²) < 4.78 is 11.9. The van der Waals surface area contributed by atoms with E-state index in [1.807, 2.05) is 6.92 Å². The minimum atomic E-state index is -1.63. The fourth-order valence-corrected chi connectivity index (χ4v) is 4.49. The molecule has 0 unspecified atom stereocenters. The molecular weight excluding hydrogens is 280 g/mol. The Bertz CT molecular complexity index is 626. The van der Waals surface area contributed by atoms with Gasteiger partial charge in [0.2, 0.25) is 11.7 Å². The van der Waals surface area contributed by atoms with Gasteiger partial charge in [0.05, 0.1) is 30.2 Å². The second-order valence-corrected chi connectivity index (χ2v) is 6.39. The van der Waals surface area contributed by atoms with E-state index in [1.54, 1.807) is 0 Å². The van der Waals surface area contributed by atoms with Crippen LogP contribution in [0.5, 0.6) is 0 Å². The minimum absolute atomic E-state index is 0.263. The SMILES string of the molecule is CCC[C@H]1O[C@]23CCCC[C@@H]2C(C#N)(C#N)[C@@]1(C#N)C(=N)O3. The molecule has 114 valence electrons. The van der Waals surface area contributed by atoms with E-state index < -0.39 is 28.6 Å². The molecule has 6 heteroatoms. The molecule has 2 bridgehead atoms. The van der Waals surface area contributed by atoms with Crippen molar-refractivity contribution in [2.75, 3.05) is 0 Å². The molecule has 3 saturated heterocycles. The number of rotatable bonds is 2. The van der Waals surface area contributed by atoms with Crippen molar-refractivity contribution in [3.63, 3.8) is 0 Å². The third-order valence-corrected chi connectivity index (χ3v) is 5.48. The van der Waals surface area contributed by atoms with Crippen molar-refractivity contribution in [3.8, 4) is 18.2 Å². The molecule has 22 heavy (non-hydrogen) atoms. The van der Waals surface area contributed by atoms with Crippen LogP contribution in [0.3, 0.4) is 0 Å². The number of nitriles is 3. The van der Waals surface area contributed by atoms with Crippen LogP contribution in [0.15, 0.2) is 0 Å². The Balaban J connectivity index is 2.27. The molecule has 4 aliphatic rings. The van der Waals surface area contributed by atoms with Gasteiger partial charge in [-0.15, -0.1) is 0 Å². The van der Waals surface area contributed by atoms with E-state index >= 15 is 0 Å². The third-order valence-electron chi connectivity index (χ3n) is 5.48. The van der Waals surface area contributed by atoms with Crippen LogP contribution < -0.4 is 0 Å². The second kappa shape index (κ2) is 4.70. The molecule has 1 spiro atoms. The van der Waals surface area contributed by atoms with Crippen molar-refractivity contribution in [2.45, 2.75) is 57.3 Å². The molecule has 4 rings (SSSR count). The summed E-state index contributed by atoms with van der Waals surface area (Å²) in [6.45, 7) is 1.96. The molecule has 0 radical (unpaired) electrons. The lowest BCUT2D eigenvalue weighted by molar-refractivity contribution is -0.358. The maximum Gasteiger partial charge on any atom is 0.217 e. The largest absolute Gasteiger partial charge is 0.447 e. The Kier molecular flexibility index (Phi) is 3.17. The van der Waals surface area contributed by atoms with E-state index in [9.17, 15) is 15.8 Å². The van der Waals surface area contributed by atoms with Crippen molar-refractivity contribution in [3.05, 3.63) is 0 Å². The Hall–Kier alpha value is -2.10. The van der Waals surface area contributed by atoms with Gasteiger partial charge in [-0.1, -0.05) is 19.8 Å². The predicted octanol–water partition coefficient (Wildman–Crippen LogP) is 2.62. The zero-order valence-corrected chi connectivity index (χ0v) is 12.6. The molecule has 4 fully saturated rings. The highest BCUT2D eigenvalue weighted by Gasteiger charge is 2.79. The second-order valence-electron chi connectivity index (χ2n) is 6.39. The number of ether oxygens (including phenoxy) is 2. The fourth-order valence-electron chi connectivity index (χ4n) is 4.49. The van der Waals surface area contributed by atoms with E-state index in [4.69, 9.17) is 14.9 Å². The first-order chi connectivity index (χ1) is 10.6. The van der Waals surface area contributed by atoms with E-state index in [2.05, 4.69) is 18.2 Å². The summed E-state index contributed by atoms with van der Waals surface area (Å²) in [6, 6.07) is 6.33. The number of hydrogen-bond donors (Lipinski definition) is 1. The van der Waals surface area contributed by atoms with Crippen molar-refractivity contribution in [1.82, 2.24) is 0 Å². The van der Waals surface area contributed by atoms with Gasteiger partial charge < -0.3 is 9.47 Å². The van der Waals surface area contributed by atoms with Gasteiger partial charge in [-0.05, 0) is 19.3 Å². The quantitative estimate of drug-likeness (QED) is 0.841. The van der Waals surface area contributed by atoms with Crippen LogP contribution in [0.1, 0.15) is 45.4 Å². The summed E-state index contributed by atoms with van der Waals surface area (Å²) in [5, 5.41) is 37.9. The van der Waals surface area contributed by atoms with Crippen LogP contribution in [0.4, 0.5) is 0 Å². The zero-order chi connectivity index (χ0) is 16.0. The van der Waals surface area contributed by atoms with Crippen LogP contribution in [0.25, 0.3) is 0 Å². The number of hydrogen-bond acceptors (Lipinski definition) is 6. The average molecular weight is 298 g/mol. The number of nitrogens with zero attached hydrogens (tertiary/aromatic N) is 3. The van der Waals surface area contributed by atoms with Crippen molar-refractivity contribution < 1.29 is 9.47 Å².